The molecule has 2 N–H and O–H groups in total. The number of hydrogen-bond acceptors (Lipinski definition) is 3. The lowest BCUT2D eigenvalue weighted by molar-refractivity contribution is 0.282. The molecule has 1 heterocycles. The Kier molecular flexibility index (Phi) is 3.73. The van der Waals surface area contributed by atoms with Crippen molar-refractivity contribution < 1.29 is 5.11 Å². The summed E-state index contributed by atoms with van der Waals surface area (Å²) in [6, 6.07) is 13.3. The van der Waals surface area contributed by atoms with Crippen LogP contribution < -0.4 is 0 Å². The van der Waals surface area contributed by atoms with Gasteiger partial charge in [0, 0.05) is 16.1 Å². The average Bonchev–Trinajstić information content (AvgIpc) is 2.97. The normalized spacial score (nSPS) is 10.8. The predicted molar refractivity (Wildman–Crippen MR) is 82.9 cm³/mol. The van der Waals surface area contributed by atoms with Gasteiger partial charge in [-0.2, -0.15) is 5.10 Å². The molecular weight excluding hydrogens is 286 g/mol. The second-order valence-electron chi connectivity index (χ2n) is 4.78. The van der Waals surface area contributed by atoms with Crippen molar-refractivity contribution in [1.29, 1.82) is 0 Å². The Morgan fingerprint density at radius 3 is 2.71 bits per heavy atom. The molecule has 1 aromatic heterocycles. The van der Waals surface area contributed by atoms with Crippen LogP contribution in [0, 0.1) is 6.92 Å². The van der Waals surface area contributed by atoms with Gasteiger partial charge in [0.25, 0.3) is 0 Å². The molecule has 0 saturated carbocycles. The minimum atomic E-state index is -0.101. The van der Waals surface area contributed by atoms with E-state index in [9.17, 15) is 5.11 Å². The van der Waals surface area contributed by atoms with Gasteiger partial charge in [-0.05, 0) is 36.2 Å². The van der Waals surface area contributed by atoms with Crippen molar-refractivity contribution in [3.8, 4) is 22.8 Å². The van der Waals surface area contributed by atoms with Gasteiger partial charge in [-0.3, -0.25) is 5.10 Å². The number of halogens is 1. The van der Waals surface area contributed by atoms with Crippen LogP contribution in [-0.2, 0) is 6.61 Å². The van der Waals surface area contributed by atoms with Crippen LogP contribution in [0.4, 0.5) is 0 Å². The molecule has 2 aromatic carbocycles. The Balaban J connectivity index is 2.05. The molecule has 0 spiro atoms. The summed E-state index contributed by atoms with van der Waals surface area (Å²) in [6.07, 6.45) is 0. The standard InChI is InChI=1S/C16H14ClN3O/c1-10-4-2-3-5-13(10)15-18-16(20-19-15)14-7-6-12(17)8-11(14)9-21/h2-8,21H,9H2,1H3,(H,18,19,20). The van der Waals surface area contributed by atoms with Gasteiger partial charge < -0.3 is 5.11 Å². The molecule has 3 aromatic rings. The smallest absolute Gasteiger partial charge is 0.181 e. The van der Waals surface area contributed by atoms with Gasteiger partial charge in [-0.1, -0.05) is 35.9 Å². The molecule has 0 aliphatic carbocycles. The lowest BCUT2D eigenvalue weighted by atomic mass is 10.1. The molecule has 0 aliphatic rings. The summed E-state index contributed by atoms with van der Waals surface area (Å²) in [6.45, 7) is 1.92. The van der Waals surface area contributed by atoms with Crippen LogP contribution in [0.1, 0.15) is 11.1 Å². The van der Waals surface area contributed by atoms with Crippen LogP contribution in [0.2, 0.25) is 5.02 Å². The lowest BCUT2D eigenvalue weighted by Gasteiger charge is -2.04. The second-order valence-corrected chi connectivity index (χ2v) is 5.22. The van der Waals surface area contributed by atoms with E-state index in [1.54, 1.807) is 12.1 Å². The highest BCUT2D eigenvalue weighted by molar-refractivity contribution is 6.30. The molecule has 0 unspecified atom stereocenters. The van der Waals surface area contributed by atoms with Gasteiger partial charge in [-0.25, -0.2) is 4.98 Å². The summed E-state index contributed by atoms with van der Waals surface area (Å²) in [5.41, 5.74) is 3.62. The SMILES string of the molecule is Cc1ccccc1-c1n[nH]c(-c2ccc(Cl)cc2CO)n1. The van der Waals surface area contributed by atoms with Crippen molar-refractivity contribution >= 4 is 11.6 Å². The van der Waals surface area contributed by atoms with Gasteiger partial charge in [0.05, 0.1) is 6.61 Å². The molecular formula is C16H14ClN3O. The monoisotopic (exact) mass is 299 g/mol. The van der Waals surface area contributed by atoms with E-state index >= 15 is 0 Å². The Labute approximate surface area is 127 Å². The van der Waals surface area contributed by atoms with E-state index < -0.39 is 0 Å². The van der Waals surface area contributed by atoms with E-state index in [-0.39, 0.29) is 6.61 Å². The van der Waals surface area contributed by atoms with Crippen molar-refractivity contribution in [3.05, 3.63) is 58.6 Å². The Morgan fingerprint density at radius 1 is 1.14 bits per heavy atom. The third kappa shape index (κ3) is 2.68. The van der Waals surface area contributed by atoms with Gasteiger partial charge >= 0.3 is 0 Å². The molecule has 0 fully saturated rings. The summed E-state index contributed by atoms with van der Waals surface area (Å²) in [5.74, 6) is 1.26. The van der Waals surface area contributed by atoms with Crippen LogP contribution in [0.5, 0.6) is 0 Å². The van der Waals surface area contributed by atoms with Gasteiger partial charge in [0.2, 0.25) is 0 Å². The maximum absolute atomic E-state index is 9.45. The Bertz CT molecular complexity index is 783. The molecule has 0 atom stereocenters. The number of aromatic amines is 1. The first-order valence-corrected chi connectivity index (χ1v) is 6.95. The summed E-state index contributed by atoms with van der Waals surface area (Å²) < 4.78 is 0. The highest BCUT2D eigenvalue weighted by atomic mass is 35.5. The number of nitrogens with zero attached hydrogens (tertiary/aromatic N) is 2. The largest absolute Gasteiger partial charge is 0.392 e. The molecule has 0 aliphatic heterocycles. The topological polar surface area (TPSA) is 61.8 Å². The van der Waals surface area contributed by atoms with Crippen LogP contribution >= 0.6 is 11.6 Å². The summed E-state index contributed by atoms with van der Waals surface area (Å²) in [5, 5.41) is 17.2. The molecule has 106 valence electrons. The highest BCUT2D eigenvalue weighted by Gasteiger charge is 2.12. The van der Waals surface area contributed by atoms with Crippen molar-refractivity contribution in [2.24, 2.45) is 0 Å². The molecule has 0 saturated heterocycles. The van der Waals surface area contributed by atoms with E-state index in [0.717, 1.165) is 22.3 Å². The first-order chi connectivity index (χ1) is 10.2. The summed E-state index contributed by atoms with van der Waals surface area (Å²) >= 11 is 5.95. The first kappa shape index (κ1) is 13.8. The molecule has 0 bridgehead atoms. The third-order valence-corrected chi connectivity index (χ3v) is 3.60. The van der Waals surface area contributed by atoms with E-state index in [0.29, 0.717) is 16.7 Å². The Hall–Kier alpha value is -2.17. The summed E-state index contributed by atoms with van der Waals surface area (Å²) in [4.78, 5) is 4.53. The number of aryl methyl sites for hydroxylation is 1. The molecule has 5 heteroatoms. The van der Waals surface area contributed by atoms with Crippen LogP contribution in [0.3, 0.4) is 0 Å². The quantitative estimate of drug-likeness (QED) is 0.777. The van der Waals surface area contributed by atoms with Crippen molar-refractivity contribution in [2.75, 3.05) is 0 Å². The fourth-order valence-electron chi connectivity index (χ4n) is 2.25. The van der Waals surface area contributed by atoms with E-state index in [1.807, 2.05) is 37.3 Å². The van der Waals surface area contributed by atoms with Crippen LogP contribution in [0.15, 0.2) is 42.5 Å². The number of hydrogen-bond donors (Lipinski definition) is 2. The molecule has 4 nitrogen and oxygen atoms in total. The van der Waals surface area contributed by atoms with E-state index in [2.05, 4.69) is 15.2 Å². The molecule has 21 heavy (non-hydrogen) atoms. The van der Waals surface area contributed by atoms with Gasteiger partial charge in [-0.15, -0.1) is 0 Å². The fraction of sp³-hybridized carbons (Fsp3) is 0.125. The number of aromatic nitrogens is 3. The van der Waals surface area contributed by atoms with Crippen molar-refractivity contribution in [3.63, 3.8) is 0 Å². The van der Waals surface area contributed by atoms with Crippen LogP contribution in [0.25, 0.3) is 22.8 Å². The molecule has 0 radical (unpaired) electrons. The minimum Gasteiger partial charge on any atom is -0.392 e. The Morgan fingerprint density at radius 2 is 1.95 bits per heavy atom. The van der Waals surface area contributed by atoms with Gasteiger partial charge in [0.15, 0.2) is 11.6 Å². The zero-order valence-corrected chi connectivity index (χ0v) is 12.2. The van der Waals surface area contributed by atoms with Crippen molar-refractivity contribution in [1.82, 2.24) is 15.2 Å². The highest BCUT2D eigenvalue weighted by Crippen LogP contribution is 2.26. The third-order valence-electron chi connectivity index (χ3n) is 3.36. The van der Waals surface area contributed by atoms with E-state index in [1.165, 1.54) is 0 Å². The maximum atomic E-state index is 9.45. The minimum absolute atomic E-state index is 0.101. The number of aliphatic hydroxyl groups is 1. The average molecular weight is 300 g/mol. The number of H-pyrrole nitrogens is 1. The number of benzene rings is 2. The maximum Gasteiger partial charge on any atom is 0.181 e. The zero-order chi connectivity index (χ0) is 14.8. The lowest BCUT2D eigenvalue weighted by Crippen LogP contribution is -1.91. The fourth-order valence-corrected chi connectivity index (χ4v) is 2.45. The number of rotatable bonds is 3. The zero-order valence-electron chi connectivity index (χ0n) is 11.5. The van der Waals surface area contributed by atoms with E-state index in [4.69, 9.17) is 11.6 Å². The first-order valence-electron chi connectivity index (χ1n) is 6.57. The number of nitrogens with one attached hydrogen (secondary N) is 1. The molecule has 3 rings (SSSR count). The predicted octanol–water partition coefficient (Wildman–Crippen LogP) is 3.59. The summed E-state index contributed by atoms with van der Waals surface area (Å²) in [7, 11) is 0. The number of aliphatic hydroxyl groups excluding tert-OH is 1. The molecule has 0 amide bonds. The van der Waals surface area contributed by atoms with Crippen LogP contribution in [-0.4, -0.2) is 20.3 Å². The second kappa shape index (κ2) is 5.68. The van der Waals surface area contributed by atoms with Crippen molar-refractivity contribution in [2.45, 2.75) is 13.5 Å². The van der Waals surface area contributed by atoms with Gasteiger partial charge in [0.1, 0.15) is 0 Å².